The third-order valence-corrected chi connectivity index (χ3v) is 5.89. The second-order valence-corrected chi connectivity index (χ2v) is 8.65. The fourth-order valence-corrected chi connectivity index (χ4v) is 3.71. The molecule has 1 atom stereocenters. The van der Waals surface area contributed by atoms with Crippen molar-refractivity contribution >= 4 is 21.9 Å². The summed E-state index contributed by atoms with van der Waals surface area (Å²) in [7, 11) is -2.24. The van der Waals surface area contributed by atoms with Crippen molar-refractivity contribution in [1.82, 2.24) is 9.62 Å². The van der Waals surface area contributed by atoms with Crippen molar-refractivity contribution in [3.8, 4) is 0 Å². The topological polar surface area (TPSA) is 92.8 Å². The maximum Gasteiger partial charge on any atom is 0.321 e. The maximum atomic E-state index is 12.4. The van der Waals surface area contributed by atoms with Crippen LogP contribution in [0.5, 0.6) is 0 Å². The largest absolute Gasteiger partial charge is 0.452 e. The number of carbonyl (C=O) groups excluding carboxylic acids is 2. The Labute approximate surface area is 171 Å². The van der Waals surface area contributed by atoms with Gasteiger partial charge in [0.25, 0.3) is 5.91 Å². The van der Waals surface area contributed by atoms with Gasteiger partial charge in [0.1, 0.15) is 6.54 Å². The van der Waals surface area contributed by atoms with E-state index in [1.165, 1.54) is 24.0 Å². The van der Waals surface area contributed by atoms with Crippen LogP contribution in [0.15, 0.2) is 53.4 Å². The number of nitrogens with zero attached hydrogens (tertiary/aromatic N) is 1. The zero-order valence-corrected chi connectivity index (χ0v) is 17.8. The van der Waals surface area contributed by atoms with Gasteiger partial charge in [-0.25, -0.2) is 8.42 Å². The Kier molecular flexibility index (Phi) is 7.53. The molecule has 0 bridgehead atoms. The lowest BCUT2D eigenvalue weighted by atomic mass is 10.1. The van der Waals surface area contributed by atoms with Crippen molar-refractivity contribution in [1.29, 1.82) is 0 Å². The van der Waals surface area contributed by atoms with E-state index < -0.39 is 28.6 Å². The number of sulfonamides is 1. The van der Waals surface area contributed by atoms with Crippen molar-refractivity contribution in [3.05, 3.63) is 65.2 Å². The van der Waals surface area contributed by atoms with Gasteiger partial charge in [-0.15, -0.1) is 0 Å². The number of benzene rings is 2. The van der Waals surface area contributed by atoms with Gasteiger partial charge in [0.05, 0.1) is 4.90 Å². The van der Waals surface area contributed by atoms with Gasteiger partial charge in [0.15, 0.2) is 6.10 Å². The molecule has 0 saturated heterocycles. The molecule has 0 spiro atoms. The van der Waals surface area contributed by atoms with E-state index in [0.29, 0.717) is 6.54 Å². The van der Waals surface area contributed by atoms with Crippen LogP contribution in [-0.4, -0.2) is 44.9 Å². The van der Waals surface area contributed by atoms with Crippen LogP contribution >= 0.6 is 0 Å². The highest BCUT2D eigenvalue weighted by Crippen LogP contribution is 2.14. The standard InChI is InChI=1S/C21H26N2O5S/c1-15-10-11-19(12-16(15)2)29(26,27)22-13-20(24)28-17(3)21(25)23(4)14-18-8-6-5-7-9-18/h5-12,17,22H,13-14H2,1-4H3/t17-/m1/s1. The van der Waals surface area contributed by atoms with E-state index in [9.17, 15) is 18.0 Å². The molecule has 0 fully saturated rings. The molecular weight excluding hydrogens is 392 g/mol. The molecule has 2 aromatic carbocycles. The highest BCUT2D eigenvalue weighted by atomic mass is 32.2. The number of esters is 1. The first-order chi connectivity index (χ1) is 13.6. The minimum Gasteiger partial charge on any atom is -0.452 e. The van der Waals surface area contributed by atoms with Crippen LogP contribution < -0.4 is 4.72 Å². The Morgan fingerprint density at radius 3 is 2.34 bits per heavy atom. The highest BCUT2D eigenvalue weighted by Gasteiger charge is 2.23. The van der Waals surface area contributed by atoms with E-state index in [1.54, 1.807) is 13.1 Å². The summed E-state index contributed by atoms with van der Waals surface area (Å²) in [6, 6.07) is 14.1. The minimum absolute atomic E-state index is 0.0696. The molecule has 0 saturated carbocycles. The van der Waals surface area contributed by atoms with E-state index in [0.717, 1.165) is 16.7 Å². The molecule has 8 heteroatoms. The number of ether oxygens (including phenoxy) is 1. The first kappa shape index (κ1) is 22.6. The van der Waals surface area contributed by atoms with Gasteiger partial charge >= 0.3 is 5.97 Å². The number of rotatable bonds is 8. The van der Waals surface area contributed by atoms with Crippen LogP contribution in [0.2, 0.25) is 0 Å². The molecule has 0 aliphatic heterocycles. The van der Waals surface area contributed by atoms with Gasteiger partial charge in [-0.2, -0.15) is 4.72 Å². The number of hydrogen-bond acceptors (Lipinski definition) is 5. The Morgan fingerprint density at radius 1 is 1.07 bits per heavy atom. The van der Waals surface area contributed by atoms with Gasteiger partial charge in [0.2, 0.25) is 10.0 Å². The first-order valence-electron chi connectivity index (χ1n) is 9.15. The molecule has 1 amide bonds. The molecule has 0 aliphatic carbocycles. The molecule has 0 unspecified atom stereocenters. The zero-order chi connectivity index (χ0) is 21.6. The van der Waals surface area contributed by atoms with Crippen molar-refractivity contribution in [2.45, 2.75) is 38.3 Å². The van der Waals surface area contributed by atoms with Crippen molar-refractivity contribution in [2.75, 3.05) is 13.6 Å². The number of carbonyl (C=O) groups is 2. The van der Waals surface area contributed by atoms with Crippen LogP contribution in [0.25, 0.3) is 0 Å². The van der Waals surface area contributed by atoms with Gasteiger partial charge < -0.3 is 9.64 Å². The van der Waals surface area contributed by atoms with Crippen molar-refractivity contribution < 1.29 is 22.7 Å². The number of likely N-dealkylation sites (N-methyl/N-ethyl adjacent to an activating group) is 1. The van der Waals surface area contributed by atoms with Gasteiger partial charge in [0, 0.05) is 13.6 Å². The summed E-state index contributed by atoms with van der Waals surface area (Å²) < 4.78 is 32.0. The van der Waals surface area contributed by atoms with Crippen LogP contribution in [-0.2, 0) is 30.9 Å². The van der Waals surface area contributed by atoms with E-state index in [2.05, 4.69) is 4.72 Å². The molecule has 29 heavy (non-hydrogen) atoms. The second kappa shape index (κ2) is 9.67. The van der Waals surface area contributed by atoms with Crippen LogP contribution in [0, 0.1) is 13.8 Å². The van der Waals surface area contributed by atoms with Crippen molar-refractivity contribution in [3.63, 3.8) is 0 Å². The fraction of sp³-hybridized carbons (Fsp3) is 0.333. The van der Waals surface area contributed by atoms with E-state index in [-0.39, 0.29) is 10.8 Å². The highest BCUT2D eigenvalue weighted by molar-refractivity contribution is 7.89. The minimum atomic E-state index is -3.85. The summed E-state index contributed by atoms with van der Waals surface area (Å²) in [6.45, 7) is 4.96. The monoisotopic (exact) mass is 418 g/mol. The summed E-state index contributed by atoms with van der Waals surface area (Å²) in [5, 5.41) is 0. The van der Waals surface area contributed by atoms with Crippen LogP contribution in [0.4, 0.5) is 0 Å². The SMILES string of the molecule is Cc1ccc(S(=O)(=O)NCC(=O)O[C@H](C)C(=O)N(C)Cc2ccccc2)cc1C. The lowest BCUT2D eigenvalue weighted by molar-refractivity contribution is -0.157. The predicted molar refractivity (Wildman–Crippen MR) is 110 cm³/mol. The normalized spacial score (nSPS) is 12.3. The van der Waals surface area contributed by atoms with E-state index >= 15 is 0 Å². The molecule has 1 N–H and O–H groups in total. The summed E-state index contributed by atoms with van der Waals surface area (Å²) in [5.74, 6) is -1.20. The van der Waals surface area contributed by atoms with Crippen LogP contribution in [0.1, 0.15) is 23.6 Å². The molecule has 2 aromatic rings. The molecule has 0 heterocycles. The van der Waals surface area contributed by atoms with Crippen LogP contribution in [0.3, 0.4) is 0 Å². The number of aryl methyl sites for hydroxylation is 2. The average molecular weight is 419 g/mol. The molecule has 0 radical (unpaired) electrons. The van der Waals surface area contributed by atoms with Gasteiger partial charge in [-0.05, 0) is 49.6 Å². The third-order valence-electron chi connectivity index (χ3n) is 4.49. The second-order valence-electron chi connectivity index (χ2n) is 6.88. The summed E-state index contributed by atoms with van der Waals surface area (Å²) in [4.78, 5) is 25.9. The van der Waals surface area contributed by atoms with Gasteiger partial charge in [-0.3, -0.25) is 9.59 Å². The smallest absolute Gasteiger partial charge is 0.321 e. The first-order valence-corrected chi connectivity index (χ1v) is 10.6. The number of nitrogens with one attached hydrogen (secondary N) is 1. The molecule has 7 nitrogen and oxygen atoms in total. The third kappa shape index (κ3) is 6.40. The number of amides is 1. The average Bonchev–Trinajstić information content (AvgIpc) is 2.68. The fourth-order valence-electron chi connectivity index (χ4n) is 2.65. The molecular formula is C21H26N2O5S. The molecule has 0 aromatic heterocycles. The quantitative estimate of drug-likeness (QED) is 0.664. The Hall–Kier alpha value is -2.71. The predicted octanol–water partition coefficient (Wildman–Crippen LogP) is 2.17. The molecule has 2 rings (SSSR count). The Bertz CT molecular complexity index is 974. The van der Waals surface area contributed by atoms with Gasteiger partial charge in [-0.1, -0.05) is 36.4 Å². The molecule has 0 aliphatic rings. The zero-order valence-electron chi connectivity index (χ0n) is 17.0. The van der Waals surface area contributed by atoms with Crippen molar-refractivity contribution in [2.24, 2.45) is 0 Å². The number of hydrogen-bond donors (Lipinski definition) is 1. The maximum absolute atomic E-state index is 12.4. The molecule has 156 valence electrons. The lowest BCUT2D eigenvalue weighted by Gasteiger charge is -2.21. The summed E-state index contributed by atoms with van der Waals surface area (Å²) in [6.07, 6.45) is -1.03. The van der Waals surface area contributed by atoms with E-state index in [4.69, 9.17) is 4.74 Å². The Balaban J connectivity index is 1.89. The summed E-state index contributed by atoms with van der Waals surface area (Å²) in [5.41, 5.74) is 2.74. The summed E-state index contributed by atoms with van der Waals surface area (Å²) >= 11 is 0. The van der Waals surface area contributed by atoms with E-state index in [1.807, 2.05) is 44.2 Å². The lowest BCUT2D eigenvalue weighted by Crippen LogP contribution is -2.39. The Morgan fingerprint density at radius 2 is 1.72 bits per heavy atom.